The van der Waals surface area contributed by atoms with E-state index in [-0.39, 0.29) is 28.0 Å². The fourth-order valence-electron chi connectivity index (χ4n) is 3.36. The minimum Gasteiger partial charge on any atom is -0.403 e. The first-order valence-electron chi connectivity index (χ1n) is 10.1. The van der Waals surface area contributed by atoms with Crippen molar-refractivity contribution < 1.29 is 31.9 Å². The van der Waals surface area contributed by atoms with Crippen LogP contribution in [0.3, 0.4) is 0 Å². The van der Waals surface area contributed by atoms with Crippen molar-refractivity contribution in [2.24, 2.45) is 5.92 Å². The zero-order chi connectivity index (χ0) is 24.3. The molecule has 0 atom stereocenters. The summed E-state index contributed by atoms with van der Waals surface area (Å²) in [6.07, 6.45) is 0.195. The Balaban J connectivity index is 1.41. The summed E-state index contributed by atoms with van der Waals surface area (Å²) in [6, 6.07) is 2.97. The van der Waals surface area contributed by atoms with Crippen molar-refractivity contribution in [3.05, 3.63) is 47.5 Å². The highest BCUT2D eigenvalue weighted by molar-refractivity contribution is 7.14. The number of carbonyl (C=O) groups is 2. The number of amides is 1. The van der Waals surface area contributed by atoms with E-state index in [9.17, 15) is 27.2 Å². The second kappa shape index (κ2) is 9.71. The Morgan fingerprint density at radius 2 is 1.97 bits per heavy atom. The van der Waals surface area contributed by atoms with E-state index >= 15 is 0 Å². The second-order valence-electron chi connectivity index (χ2n) is 7.41. The molecule has 34 heavy (non-hydrogen) atoms. The van der Waals surface area contributed by atoms with Gasteiger partial charge in [0.1, 0.15) is 17.8 Å². The van der Waals surface area contributed by atoms with Gasteiger partial charge in [-0.2, -0.15) is 0 Å². The lowest BCUT2D eigenvalue weighted by Gasteiger charge is -2.30. The van der Waals surface area contributed by atoms with Crippen molar-refractivity contribution in [1.82, 2.24) is 15.0 Å². The van der Waals surface area contributed by atoms with Crippen molar-refractivity contribution in [1.29, 1.82) is 0 Å². The molecule has 13 heteroatoms. The summed E-state index contributed by atoms with van der Waals surface area (Å²) in [6.45, 7) is 1.34. The van der Waals surface area contributed by atoms with Crippen LogP contribution in [-0.4, -0.2) is 46.6 Å². The molecular formula is C21H17F4N5O3S. The van der Waals surface area contributed by atoms with E-state index in [4.69, 9.17) is 0 Å². The van der Waals surface area contributed by atoms with Crippen LogP contribution in [0.5, 0.6) is 5.75 Å². The van der Waals surface area contributed by atoms with Crippen LogP contribution in [-0.2, 0) is 4.79 Å². The van der Waals surface area contributed by atoms with Crippen LogP contribution in [0.1, 0.15) is 23.3 Å². The molecule has 8 nitrogen and oxygen atoms in total. The number of anilines is 2. The lowest BCUT2D eigenvalue weighted by molar-refractivity contribution is -0.275. The van der Waals surface area contributed by atoms with Gasteiger partial charge in [-0.15, -0.1) is 24.5 Å². The quantitative estimate of drug-likeness (QED) is 0.402. The molecule has 0 saturated carbocycles. The van der Waals surface area contributed by atoms with Crippen LogP contribution in [0.2, 0.25) is 0 Å². The fourth-order valence-corrected chi connectivity index (χ4v) is 4.07. The summed E-state index contributed by atoms with van der Waals surface area (Å²) in [4.78, 5) is 37.9. The number of aldehydes is 1. The number of nitrogens with zero attached hydrogens (tertiary/aromatic N) is 4. The monoisotopic (exact) mass is 495 g/mol. The van der Waals surface area contributed by atoms with Gasteiger partial charge < -0.3 is 14.4 Å². The van der Waals surface area contributed by atoms with Crippen LogP contribution in [0.4, 0.5) is 28.5 Å². The number of piperidine rings is 1. The van der Waals surface area contributed by atoms with E-state index < -0.39 is 23.8 Å². The van der Waals surface area contributed by atoms with E-state index in [0.717, 1.165) is 42.6 Å². The van der Waals surface area contributed by atoms with Crippen LogP contribution in [0, 0.1) is 11.7 Å². The van der Waals surface area contributed by atoms with Crippen molar-refractivity contribution >= 4 is 34.5 Å². The number of halogens is 4. The van der Waals surface area contributed by atoms with Gasteiger partial charge in [0, 0.05) is 30.0 Å². The van der Waals surface area contributed by atoms with Crippen molar-refractivity contribution in [2.45, 2.75) is 19.2 Å². The van der Waals surface area contributed by atoms with E-state index in [1.165, 1.54) is 23.8 Å². The number of ether oxygens (including phenoxy) is 1. The van der Waals surface area contributed by atoms with Crippen LogP contribution >= 0.6 is 11.3 Å². The first-order valence-corrected chi connectivity index (χ1v) is 10.9. The molecule has 3 heterocycles. The molecule has 0 spiro atoms. The molecular weight excluding hydrogens is 478 g/mol. The van der Waals surface area contributed by atoms with E-state index in [2.05, 4.69) is 25.0 Å². The lowest BCUT2D eigenvalue weighted by atomic mass is 9.99. The molecule has 2 aromatic heterocycles. The molecule has 1 fully saturated rings. The number of rotatable bonds is 6. The summed E-state index contributed by atoms with van der Waals surface area (Å²) < 4.78 is 54.7. The first kappa shape index (κ1) is 23.5. The summed E-state index contributed by atoms with van der Waals surface area (Å²) in [7, 11) is 0. The highest BCUT2D eigenvalue weighted by Crippen LogP contribution is 2.32. The molecule has 0 radical (unpaired) electrons. The van der Waals surface area contributed by atoms with Crippen molar-refractivity contribution in [3.8, 4) is 17.0 Å². The predicted octanol–water partition coefficient (Wildman–Crippen LogP) is 4.31. The van der Waals surface area contributed by atoms with Gasteiger partial charge in [0.25, 0.3) is 5.91 Å². The maximum absolute atomic E-state index is 13.6. The summed E-state index contributed by atoms with van der Waals surface area (Å²) in [5, 5.41) is 4.22. The van der Waals surface area contributed by atoms with Crippen molar-refractivity contribution in [2.75, 3.05) is 23.3 Å². The van der Waals surface area contributed by atoms with E-state index in [1.54, 1.807) is 0 Å². The fraction of sp³-hybridized carbons (Fsp3) is 0.286. The third-order valence-electron chi connectivity index (χ3n) is 5.10. The van der Waals surface area contributed by atoms with Crippen LogP contribution in [0.25, 0.3) is 11.3 Å². The number of benzene rings is 1. The highest BCUT2D eigenvalue weighted by Gasteiger charge is 2.32. The van der Waals surface area contributed by atoms with E-state index in [0.29, 0.717) is 18.9 Å². The van der Waals surface area contributed by atoms with Crippen LogP contribution < -0.4 is 15.0 Å². The standard InChI is InChI=1S/C21H17F4N5O3S/c22-14-2-1-13(7-17(14)33-21(23,24)25)16-11-34-20(28-16)29-19(32)15-8-27-18(9-26-15)30-5-3-12(10-31)4-6-30/h1-2,7-12H,3-6H2,(H,28,29,32). The molecule has 1 aromatic carbocycles. The molecule has 4 rings (SSSR count). The van der Waals surface area contributed by atoms with E-state index in [1.807, 2.05) is 4.90 Å². The van der Waals surface area contributed by atoms with Gasteiger partial charge in [-0.1, -0.05) is 0 Å². The minimum atomic E-state index is -5.04. The SMILES string of the molecule is O=CC1CCN(c2cnc(C(=O)Nc3nc(-c4ccc(F)c(OC(F)(F)F)c4)cs3)cn2)CC1. The average molecular weight is 495 g/mol. The topological polar surface area (TPSA) is 97.3 Å². The Hall–Kier alpha value is -3.61. The molecule has 1 saturated heterocycles. The molecule has 1 aliphatic heterocycles. The molecule has 1 aliphatic rings. The van der Waals surface area contributed by atoms with Gasteiger partial charge >= 0.3 is 6.36 Å². The molecule has 0 bridgehead atoms. The summed E-state index contributed by atoms with van der Waals surface area (Å²) in [5.74, 6) is -2.06. The smallest absolute Gasteiger partial charge is 0.403 e. The maximum atomic E-state index is 13.6. The van der Waals surface area contributed by atoms with Gasteiger partial charge in [0.2, 0.25) is 0 Å². The van der Waals surface area contributed by atoms with Gasteiger partial charge in [-0.05, 0) is 31.0 Å². The maximum Gasteiger partial charge on any atom is 0.573 e. The third-order valence-corrected chi connectivity index (χ3v) is 5.86. The van der Waals surface area contributed by atoms with Crippen LogP contribution in [0.15, 0.2) is 36.0 Å². The number of hydrogen-bond acceptors (Lipinski definition) is 8. The second-order valence-corrected chi connectivity index (χ2v) is 8.26. The summed E-state index contributed by atoms with van der Waals surface area (Å²) >= 11 is 1.03. The Morgan fingerprint density at radius 1 is 1.21 bits per heavy atom. The molecule has 1 N–H and O–H groups in total. The third kappa shape index (κ3) is 5.65. The predicted molar refractivity (Wildman–Crippen MR) is 115 cm³/mol. The largest absolute Gasteiger partial charge is 0.573 e. The molecule has 0 unspecified atom stereocenters. The Morgan fingerprint density at radius 3 is 2.62 bits per heavy atom. The number of aromatic nitrogens is 3. The number of alkyl halides is 3. The highest BCUT2D eigenvalue weighted by atomic mass is 32.1. The molecule has 3 aromatic rings. The Labute approximate surface area is 194 Å². The number of nitrogens with one attached hydrogen (secondary N) is 1. The first-order chi connectivity index (χ1) is 16.2. The van der Waals surface area contributed by atoms with Gasteiger partial charge in [0.05, 0.1) is 18.1 Å². The molecule has 0 aliphatic carbocycles. The number of thiazole rings is 1. The van der Waals surface area contributed by atoms with Gasteiger partial charge in [-0.25, -0.2) is 19.3 Å². The lowest BCUT2D eigenvalue weighted by Crippen LogP contribution is -2.34. The average Bonchev–Trinajstić information content (AvgIpc) is 3.28. The van der Waals surface area contributed by atoms with Gasteiger partial charge in [-0.3, -0.25) is 10.1 Å². The molecule has 178 valence electrons. The minimum absolute atomic E-state index is 0.0472. The zero-order valence-corrected chi connectivity index (χ0v) is 18.2. The number of hydrogen-bond donors (Lipinski definition) is 1. The Bertz CT molecular complexity index is 1180. The Kier molecular flexibility index (Phi) is 6.72. The number of carbonyl (C=O) groups excluding carboxylic acids is 2. The zero-order valence-electron chi connectivity index (χ0n) is 17.4. The van der Waals surface area contributed by atoms with Gasteiger partial charge in [0.15, 0.2) is 16.7 Å². The normalized spacial score (nSPS) is 14.6. The summed E-state index contributed by atoms with van der Waals surface area (Å²) in [5.41, 5.74) is 0.457. The molecule has 1 amide bonds. The van der Waals surface area contributed by atoms with Crippen molar-refractivity contribution in [3.63, 3.8) is 0 Å².